The first-order valence-electron chi connectivity index (χ1n) is 5.75. The van der Waals surface area contributed by atoms with Crippen LogP contribution in [0.3, 0.4) is 0 Å². The quantitative estimate of drug-likeness (QED) is 0.703. The van der Waals surface area contributed by atoms with Crippen LogP contribution in [0.5, 0.6) is 0 Å². The fourth-order valence-corrected chi connectivity index (χ4v) is 2.05. The summed E-state index contributed by atoms with van der Waals surface area (Å²) in [5.41, 5.74) is 0. The molecule has 0 radical (unpaired) electrons. The van der Waals surface area contributed by atoms with Gasteiger partial charge in [-0.3, -0.25) is 4.79 Å². The van der Waals surface area contributed by atoms with Gasteiger partial charge < -0.3 is 15.3 Å². The topological polar surface area (TPSA) is 52.6 Å². The molecule has 2 atom stereocenters. The third-order valence-corrected chi connectivity index (χ3v) is 2.99. The van der Waals surface area contributed by atoms with Crippen molar-refractivity contribution in [2.24, 2.45) is 5.92 Å². The molecule has 4 nitrogen and oxygen atoms in total. The summed E-state index contributed by atoms with van der Waals surface area (Å²) in [5.74, 6) is 0.287. The van der Waals surface area contributed by atoms with Gasteiger partial charge in [-0.05, 0) is 32.7 Å². The van der Waals surface area contributed by atoms with Crippen LogP contribution in [0.4, 0.5) is 0 Å². The molecule has 88 valence electrons. The van der Waals surface area contributed by atoms with E-state index in [1.807, 2.05) is 0 Å². The van der Waals surface area contributed by atoms with Crippen LogP contribution in [0.25, 0.3) is 0 Å². The summed E-state index contributed by atoms with van der Waals surface area (Å²) in [6.45, 7) is 4.60. The van der Waals surface area contributed by atoms with E-state index in [0.29, 0.717) is 0 Å². The van der Waals surface area contributed by atoms with Crippen molar-refractivity contribution in [1.82, 2.24) is 10.2 Å². The van der Waals surface area contributed by atoms with Gasteiger partial charge in [-0.25, -0.2) is 0 Å². The van der Waals surface area contributed by atoms with Crippen LogP contribution in [0, 0.1) is 5.92 Å². The Balaban J connectivity index is 2.32. The van der Waals surface area contributed by atoms with Crippen molar-refractivity contribution in [3.05, 3.63) is 0 Å². The van der Waals surface area contributed by atoms with Gasteiger partial charge in [0.15, 0.2) is 0 Å². The molecule has 1 aliphatic rings. The lowest BCUT2D eigenvalue weighted by atomic mass is 9.97. The Morgan fingerprint density at radius 2 is 2.40 bits per heavy atom. The first-order valence-corrected chi connectivity index (χ1v) is 5.75. The molecular formula is C11H22N2O2. The van der Waals surface area contributed by atoms with Crippen LogP contribution in [0.2, 0.25) is 0 Å². The molecule has 1 heterocycles. The maximum Gasteiger partial charge on any atom is 0.224 e. The number of aliphatic hydroxyl groups is 1. The molecule has 2 unspecified atom stereocenters. The summed E-state index contributed by atoms with van der Waals surface area (Å²) in [5, 5.41) is 11.9. The summed E-state index contributed by atoms with van der Waals surface area (Å²) >= 11 is 0. The number of hydrogen-bond donors (Lipinski definition) is 2. The van der Waals surface area contributed by atoms with Crippen molar-refractivity contribution in [1.29, 1.82) is 0 Å². The van der Waals surface area contributed by atoms with Crippen LogP contribution in [-0.4, -0.2) is 48.7 Å². The third kappa shape index (κ3) is 4.18. The van der Waals surface area contributed by atoms with Crippen LogP contribution < -0.4 is 5.32 Å². The van der Waals surface area contributed by atoms with E-state index >= 15 is 0 Å². The normalized spacial score (nSPS) is 24.9. The maximum atomic E-state index is 11.5. The van der Waals surface area contributed by atoms with Gasteiger partial charge in [-0.2, -0.15) is 0 Å². The number of carbonyl (C=O) groups excluding carboxylic acids is 1. The number of aliphatic hydroxyl groups excluding tert-OH is 1. The molecule has 2 N–H and O–H groups in total. The Morgan fingerprint density at radius 1 is 1.67 bits per heavy atom. The summed E-state index contributed by atoms with van der Waals surface area (Å²) in [6, 6.07) is 0. The highest BCUT2D eigenvalue weighted by atomic mass is 16.3. The maximum absolute atomic E-state index is 11.5. The molecule has 0 aromatic carbocycles. The summed E-state index contributed by atoms with van der Waals surface area (Å²) < 4.78 is 0. The van der Waals surface area contributed by atoms with Gasteiger partial charge in [0.25, 0.3) is 0 Å². The lowest BCUT2D eigenvalue weighted by molar-refractivity contribution is -0.126. The molecule has 1 saturated heterocycles. The minimum Gasteiger partial charge on any atom is -0.393 e. The number of likely N-dealkylation sites (tertiary alicyclic amines) is 1. The molecule has 0 bridgehead atoms. The van der Waals surface area contributed by atoms with E-state index in [4.69, 9.17) is 0 Å². The van der Waals surface area contributed by atoms with Crippen molar-refractivity contribution in [2.75, 3.05) is 26.7 Å². The lowest BCUT2D eigenvalue weighted by Gasteiger charge is -2.31. The second-order valence-corrected chi connectivity index (χ2v) is 4.39. The predicted molar refractivity (Wildman–Crippen MR) is 59.5 cm³/mol. The van der Waals surface area contributed by atoms with Crippen molar-refractivity contribution in [3.8, 4) is 0 Å². The average molecular weight is 214 g/mol. The molecule has 1 rings (SSSR count). The van der Waals surface area contributed by atoms with E-state index in [0.717, 1.165) is 38.9 Å². The lowest BCUT2D eigenvalue weighted by Crippen LogP contribution is -2.42. The van der Waals surface area contributed by atoms with Crippen LogP contribution in [-0.2, 0) is 4.79 Å². The fraction of sp³-hybridized carbons (Fsp3) is 0.909. The first kappa shape index (κ1) is 12.5. The number of piperidine rings is 1. The zero-order chi connectivity index (χ0) is 11.3. The molecule has 1 aliphatic heterocycles. The third-order valence-electron chi connectivity index (χ3n) is 2.99. The largest absolute Gasteiger partial charge is 0.393 e. The minimum absolute atomic E-state index is 0.137. The summed E-state index contributed by atoms with van der Waals surface area (Å²) in [6.07, 6.45) is 2.62. The molecule has 0 aromatic rings. The molecule has 15 heavy (non-hydrogen) atoms. The zero-order valence-electron chi connectivity index (χ0n) is 9.70. The van der Waals surface area contributed by atoms with E-state index in [-0.39, 0.29) is 17.9 Å². The highest BCUT2D eigenvalue weighted by Crippen LogP contribution is 2.16. The Kier molecular flexibility index (Phi) is 5.05. The number of nitrogens with zero attached hydrogens (tertiary/aromatic N) is 1. The molecule has 4 heteroatoms. The second-order valence-electron chi connectivity index (χ2n) is 4.39. The summed E-state index contributed by atoms with van der Waals surface area (Å²) in [7, 11) is 1.69. The van der Waals surface area contributed by atoms with Gasteiger partial charge >= 0.3 is 0 Å². The zero-order valence-corrected chi connectivity index (χ0v) is 9.70. The smallest absolute Gasteiger partial charge is 0.224 e. The first-order chi connectivity index (χ1) is 7.13. The van der Waals surface area contributed by atoms with Crippen LogP contribution >= 0.6 is 0 Å². The van der Waals surface area contributed by atoms with Gasteiger partial charge in [0.1, 0.15) is 0 Å². The molecule has 1 amide bonds. The van der Waals surface area contributed by atoms with Crippen LogP contribution in [0.15, 0.2) is 0 Å². The monoisotopic (exact) mass is 214 g/mol. The van der Waals surface area contributed by atoms with Gasteiger partial charge in [-0.15, -0.1) is 0 Å². The van der Waals surface area contributed by atoms with Crippen molar-refractivity contribution < 1.29 is 9.90 Å². The molecular weight excluding hydrogens is 192 g/mol. The van der Waals surface area contributed by atoms with Gasteiger partial charge in [0.2, 0.25) is 5.91 Å². The van der Waals surface area contributed by atoms with Crippen molar-refractivity contribution in [2.45, 2.75) is 32.3 Å². The Morgan fingerprint density at radius 3 is 3.00 bits per heavy atom. The molecule has 1 fully saturated rings. The average Bonchev–Trinajstić information content (AvgIpc) is 2.25. The highest BCUT2D eigenvalue weighted by molar-refractivity contribution is 5.78. The fourth-order valence-electron chi connectivity index (χ4n) is 2.05. The van der Waals surface area contributed by atoms with E-state index in [2.05, 4.69) is 10.2 Å². The van der Waals surface area contributed by atoms with Crippen molar-refractivity contribution >= 4 is 5.91 Å². The molecule has 0 aromatic heterocycles. The van der Waals surface area contributed by atoms with Gasteiger partial charge in [0, 0.05) is 20.1 Å². The number of amides is 1. The number of carbonyl (C=O) groups is 1. The SMILES string of the molecule is CNC(=O)C1CCCN(CCC(C)O)C1. The van der Waals surface area contributed by atoms with Crippen LogP contribution in [0.1, 0.15) is 26.2 Å². The number of nitrogens with one attached hydrogen (secondary N) is 1. The Labute approximate surface area is 91.6 Å². The second kappa shape index (κ2) is 6.08. The van der Waals surface area contributed by atoms with Crippen molar-refractivity contribution in [3.63, 3.8) is 0 Å². The standard InChI is InChI=1S/C11H22N2O2/c1-9(14)5-7-13-6-3-4-10(8-13)11(15)12-2/h9-10,14H,3-8H2,1-2H3,(H,12,15). The Hall–Kier alpha value is -0.610. The number of hydrogen-bond acceptors (Lipinski definition) is 3. The van der Waals surface area contributed by atoms with Gasteiger partial charge in [-0.1, -0.05) is 0 Å². The van der Waals surface area contributed by atoms with E-state index < -0.39 is 0 Å². The van der Waals surface area contributed by atoms with Gasteiger partial charge in [0.05, 0.1) is 12.0 Å². The minimum atomic E-state index is -0.245. The summed E-state index contributed by atoms with van der Waals surface area (Å²) in [4.78, 5) is 13.7. The number of rotatable bonds is 4. The molecule has 0 aliphatic carbocycles. The molecule has 0 saturated carbocycles. The highest BCUT2D eigenvalue weighted by Gasteiger charge is 2.24. The molecule has 0 spiro atoms. The Bertz CT molecular complexity index is 207. The van der Waals surface area contributed by atoms with E-state index in [1.54, 1.807) is 14.0 Å². The van der Waals surface area contributed by atoms with E-state index in [9.17, 15) is 9.90 Å². The predicted octanol–water partition coefficient (Wildman–Crippen LogP) is 0.215. The van der Waals surface area contributed by atoms with E-state index in [1.165, 1.54) is 0 Å².